The molecule has 0 aliphatic heterocycles. The van der Waals surface area contributed by atoms with Gasteiger partial charge in [-0.2, -0.15) is 5.10 Å². The standard InChI is InChI=1S/C19H25N5/c20-19(22-15-7-3-1-4-8-15)23-18-11-17(18)14-12-21-24(13-14)16-9-5-2-6-10-16/h2,5-6,9-10,12-13,15,17-18H,1,3-4,7-8,11H2,(H3,20,22,23)/t17-,18+/m0/s1. The summed E-state index contributed by atoms with van der Waals surface area (Å²) in [6.07, 6.45) is 11.5. The molecular weight excluding hydrogens is 298 g/mol. The summed E-state index contributed by atoms with van der Waals surface area (Å²) in [5, 5.41) is 7.88. The van der Waals surface area contributed by atoms with Crippen LogP contribution in [0.4, 0.5) is 0 Å². The first kappa shape index (κ1) is 15.2. The fourth-order valence-corrected chi connectivity index (χ4v) is 3.60. The van der Waals surface area contributed by atoms with Crippen LogP contribution in [0.5, 0.6) is 0 Å². The third kappa shape index (κ3) is 3.45. The lowest BCUT2D eigenvalue weighted by atomic mass is 9.96. The molecule has 2 aliphatic rings. The van der Waals surface area contributed by atoms with Crippen molar-refractivity contribution in [3.05, 3.63) is 48.3 Å². The number of aliphatic imine (C=N–C) groups is 1. The Morgan fingerprint density at radius 2 is 1.96 bits per heavy atom. The van der Waals surface area contributed by atoms with E-state index < -0.39 is 0 Å². The van der Waals surface area contributed by atoms with Gasteiger partial charge in [-0.3, -0.25) is 0 Å². The largest absolute Gasteiger partial charge is 0.370 e. The molecule has 0 bridgehead atoms. The molecule has 2 aliphatic carbocycles. The van der Waals surface area contributed by atoms with Crippen LogP contribution in [0, 0.1) is 0 Å². The molecule has 0 amide bonds. The van der Waals surface area contributed by atoms with Gasteiger partial charge < -0.3 is 11.1 Å². The number of hydrogen-bond donors (Lipinski definition) is 2. The van der Waals surface area contributed by atoms with Gasteiger partial charge in [0.1, 0.15) is 0 Å². The van der Waals surface area contributed by atoms with Crippen LogP contribution in [0.3, 0.4) is 0 Å². The van der Waals surface area contributed by atoms with Gasteiger partial charge in [0.2, 0.25) is 0 Å². The second-order valence-corrected chi connectivity index (χ2v) is 6.96. The molecule has 1 heterocycles. The molecule has 5 heteroatoms. The Bertz CT molecular complexity index is 700. The van der Waals surface area contributed by atoms with Gasteiger partial charge in [-0.05, 0) is 37.0 Å². The van der Waals surface area contributed by atoms with E-state index in [2.05, 4.69) is 33.7 Å². The fraction of sp³-hybridized carbons (Fsp3) is 0.474. The number of para-hydroxylation sites is 1. The third-order valence-corrected chi connectivity index (χ3v) is 5.07. The van der Waals surface area contributed by atoms with Crippen molar-refractivity contribution >= 4 is 5.96 Å². The van der Waals surface area contributed by atoms with Crippen LogP contribution < -0.4 is 11.1 Å². The predicted octanol–water partition coefficient (Wildman–Crippen LogP) is 2.97. The summed E-state index contributed by atoms with van der Waals surface area (Å²) in [4.78, 5) is 4.67. The minimum absolute atomic E-state index is 0.300. The number of hydrogen-bond acceptors (Lipinski definition) is 2. The van der Waals surface area contributed by atoms with Gasteiger partial charge in [0.15, 0.2) is 5.96 Å². The maximum Gasteiger partial charge on any atom is 0.189 e. The molecule has 126 valence electrons. The van der Waals surface area contributed by atoms with Crippen LogP contribution in [0.2, 0.25) is 0 Å². The highest BCUT2D eigenvalue weighted by Crippen LogP contribution is 2.43. The van der Waals surface area contributed by atoms with E-state index >= 15 is 0 Å². The van der Waals surface area contributed by atoms with Crippen molar-refractivity contribution in [2.24, 2.45) is 10.7 Å². The molecule has 2 fully saturated rings. The maximum atomic E-state index is 6.10. The zero-order valence-corrected chi connectivity index (χ0v) is 13.9. The predicted molar refractivity (Wildman–Crippen MR) is 96.3 cm³/mol. The number of nitrogens with zero attached hydrogens (tertiary/aromatic N) is 3. The van der Waals surface area contributed by atoms with Gasteiger partial charge in [-0.1, -0.05) is 37.5 Å². The summed E-state index contributed by atoms with van der Waals surface area (Å²) in [7, 11) is 0. The van der Waals surface area contributed by atoms with Crippen molar-refractivity contribution in [3.63, 3.8) is 0 Å². The van der Waals surface area contributed by atoms with Crippen LogP contribution >= 0.6 is 0 Å². The second-order valence-electron chi connectivity index (χ2n) is 6.96. The summed E-state index contributed by atoms with van der Waals surface area (Å²) < 4.78 is 1.93. The summed E-state index contributed by atoms with van der Waals surface area (Å²) >= 11 is 0. The number of benzene rings is 1. The molecular formula is C19H25N5. The topological polar surface area (TPSA) is 68.2 Å². The van der Waals surface area contributed by atoms with Crippen LogP contribution in [0.1, 0.15) is 50.0 Å². The Hall–Kier alpha value is -2.30. The summed E-state index contributed by atoms with van der Waals surface area (Å²) in [5.41, 5.74) is 8.43. The van der Waals surface area contributed by atoms with Crippen LogP contribution in [0.25, 0.3) is 5.69 Å². The minimum Gasteiger partial charge on any atom is -0.370 e. The van der Waals surface area contributed by atoms with E-state index in [1.165, 1.54) is 37.7 Å². The Balaban J connectivity index is 1.36. The molecule has 2 aromatic rings. The van der Waals surface area contributed by atoms with Crippen molar-refractivity contribution in [1.29, 1.82) is 0 Å². The first-order valence-electron chi connectivity index (χ1n) is 8.99. The van der Waals surface area contributed by atoms with Gasteiger partial charge in [0.05, 0.1) is 17.9 Å². The first-order chi connectivity index (χ1) is 11.8. The van der Waals surface area contributed by atoms with E-state index in [-0.39, 0.29) is 0 Å². The quantitative estimate of drug-likeness (QED) is 0.671. The van der Waals surface area contributed by atoms with E-state index in [1.54, 1.807) is 0 Å². The van der Waals surface area contributed by atoms with Gasteiger partial charge in [-0.25, -0.2) is 9.67 Å². The van der Waals surface area contributed by atoms with Gasteiger partial charge in [-0.15, -0.1) is 0 Å². The molecule has 4 rings (SSSR count). The molecule has 1 aromatic carbocycles. The fourth-order valence-electron chi connectivity index (χ4n) is 3.60. The van der Waals surface area contributed by atoms with Crippen molar-refractivity contribution in [3.8, 4) is 5.69 Å². The van der Waals surface area contributed by atoms with Crippen LogP contribution in [0.15, 0.2) is 47.7 Å². The molecule has 0 saturated heterocycles. The van der Waals surface area contributed by atoms with Gasteiger partial charge in [0.25, 0.3) is 0 Å². The number of rotatable bonds is 4. The van der Waals surface area contributed by atoms with Gasteiger partial charge in [0, 0.05) is 18.2 Å². The molecule has 0 spiro atoms. The lowest BCUT2D eigenvalue weighted by Crippen LogP contribution is -2.41. The zero-order valence-electron chi connectivity index (χ0n) is 13.9. The zero-order chi connectivity index (χ0) is 16.4. The molecule has 24 heavy (non-hydrogen) atoms. The van der Waals surface area contributed by atoms with Crippen molar-refractivity contribution in [2.45, 2.75) is 56.5 Å². The number of nitrogens with one attached hydrogen (secondary N) is 1. The molecule has 5 nitrogen and oxygen atoms in total. The molecule has 0 unspecified atom stereocenters. The number of guanidine groups is 1. The van der Waals surface area contributed by atoms with Crippen molar-refractivity contribution in [1.82, 2.24) is 15.1 Å². The monoisotopic (exact) mass is 323 g/mol. The average molecular weight is 323 g/mol. The lowest BCUT2D eigenvalue weighted by Gasteiger charge is -2.23. The maximum absolute atomic E-state index is 6.10. The SMILES string of the molecule is NC(=N[C@@H]1C[C@H]1c1cnn(-c2ccccc2)c1)NC1CCCCC1. The average Bonchev–Trinajstić information content (AvgIpc) is 3.19. The molecule has 3 N–H and O–H groups in total. The van der Waals surface area contributed by atoms with E-state index in [4.69, 9.17) is 5.73 Å². The Labute approximate surface area is 143 Å². The van der Waals surface area contributed by atoms with Crippen molar-refractivity contribution in [2.75, 3.05) is 0 Å². The highest BCUT2D eigenvalue weighted by molar-refractivity contribution is 5.78. The highest BCUT2D eigenvalue weighted by atomic mass is 15.3. The Morgan fingerprint density at radius 3 is 2.75 bits per heavy atom. The van der Waals surface area contributed by atoms with Crippen LogP contribution in [-0.4, -0.2) is 27.8 Å². The smallest absolute Gasteiger partial charge is 0.189 e. The lowest BCUT2D eigenvalue weighted by molar-refractivity contribution is 0.412. The van der Waals surface area contributed by atoms with Crippen molar-refractivity contribution < 1.29 is 0 Å². The van der Waals surface area contributed by atoms with E-state index in [0.29, 0.717) is 24.0 Å². The Kier molecular flexibility index (Phi) is 4.24. The highest BCUT2D eigenvalue weighted by Gasteiger charge is 2.39. The molecule has 1 aromatic heterocycles. The summed E-state index contributed by atoms with van der Waals surface area (Å²) in [5.74, 6) is 1.07. The normalized spacial score (nSPS) is 24.8. The second kappa shape index (κ2) is 6.67. The van der Waals surface area contributed by atoms with E-state index in [0.717, 1.165) is 12.1 Å². The minimum atomic E-state index is 0.300. The van der Waals surface area contributed by atoms with E-state index in [1.807, 2.05) is 29.1 Å². The molecule has 0 radical (unpaired) electrons. The summed E-state index contributed by atoms with van der Waals surface area (Å²) in [6.45, 7) is 0. The molecule has 2 saturated carbocycles. The van der Waals surface area contributed by atoms with E-state index in [9.17, 15) is 0 Å². The summed E-state index contributed by atoms with van der Waals surface area (Å²) in [6, 6.07) is 11.0. The third-order valence-electron chi connectivity index (χ3n) is 5.07. The number of nitrogens with two attached hydrogens (primary N) is 1. The number of aromatic nitrogens is 2. The first-order valence-corrected chi connectivity index (χ1v) is 8.99. The Morgan fingerprint density at radius 1 is 1.17 bits per heavy atom. The van der Waals surface area contributed by atoms with Gasteiger partial charge >= 0.3 is 0 Å². The molecule has 2 atom stereocenters. The van der Waals surface area contributed by atoms with Crippen LogP contribution in [-0.2, 0) is 0 Å².